The molecule has 1 atom stereocenters. The third-order valence-corrected chi connectivity index (χ3v) is 2.69. The largest absolute Gasteiger partial charge is 0.433 e. The predicted molar refractivity (Wildman–Crippen MR) is 52.1 cm³/mol. The zero-order chi connectivity index (χ0) is 11.1. The van der Waals surface area contributed by atoms with Gasteiger partial charge in [-0.05, 0) is 19.9 Å². The first kappa shape index (κ1) is 11.2. The summed E-state index contributed by atoms with van der Waals surface area (Å²) in [6.45, 7) is 3.00. The normalized spacial score (nSPS) is 27.2. The lowest BCUT2D eigenvalue weighted by Crippen LogP contribution is -2.35. The Morgan fingerprint density at radius 3 is 2.29 bits per heavy atom. The maximum absolute atomic E-state index is 12.3. The van der Waals surface area contributed by atoms with E-state index in [1.54, 1.807) is 0 Å². The summed E-state index contributed by atoms with van der Waals surface area (Å²) in [6.07, 6.45) is -3.48. The van der Waals surface area contributed by atoms with Crippen LogP contribution in [0.3, 0.4) is 0 Å². The highest BCUT2D eigenvalue weighted by atomic mass is 32.1. The molecule has 0 spiro atoms. The van der Waals surface area contributed by atoms with Crippen molar-refractivity contribution in [2.24, 2.45) is 16.1 Å². The lowest BCUT2D eigenvalue weighted by Gasteiger charge is -2.19. The lowest BCUT2D eigenvalue weighted by molar-refractivity contribution is -0.0922. The molecule has 1 heterocycles. The van der Waals surface area contributed by atoms with Crippen LogP contribution in [0.2, 0.25) is 0 Å². The maximum Gasteiger partial charge on any atom is 0.433 e. The Morgan fingerprint density at radius 2 is 2.07 bits per heavy atom. The number of hydrogen-bond donors (Lipinski definition) is 1. The Kier molecular flexibility index (Phi) is 2.43. The first-order chi connectivity index (χ1) is 6.18. The number of allylic oxidation sites excluding steroid dienone is 1. The van der Waals surface area contributed by atoms with E-state index in [-0.39, 0.29) is 10.7 Å². The van der Waals surface area contributed by atoms with Crippen LogP contribution < -0.4 is 5.73 Å². The Hall–Kier alpha value is -0.910. The molecule has 0 amide bonds. The quantitative estimate of drug-likeness (QED) is 0.691. The van der Waals surface area contributed by atoms with Gasteiger partial charge in [-0.2, -0.15) is 13.2 Å². The van der Waals surface area contributed by atoms with E-state index in [9.17, 15) is 13.2 Å². The van der Waals surface area contributed by atoms with Crippen LogP contribution in [0.25, 0.3) is 0 Å². The van der Waals surface area contributed by atoms with Crippen molar-refractivity contribution in [3.05, 3.63) is 11.8 Å². The van der Waals surface area contributed by atoms with Gasteiger partial charge in [0, 0.05) is 5.71 Å². The smallest absolute Gasteiger partial charge is 0.392 e. The average molecular weight is 222 g/mol. The van der Waals surface area contributed by atoms with Gasteiger partial charge in [0.15, 0.2) is 0 Å². The van der Waals surface area contributed by atoms with Crippen LogP contribution in [0.4, 0.5) is 13.2 Å². The van der Waals surface area contributed by atoms with E-state index >= 15 is 0 Å². The molecule has 0 aliphatic carbocycles. The Balaban J connectivity index is 3.16. The molecule has 14 heavy (non-hydrogen) atoms. The molecule has 0 saturated heterocycles. The Labute approximate surface area is 84.7 Å². The van der Waals surface area contributed by atoms with Crippen LogP contribution in [-0.2, 0) is 0 Å². The fraction of sp³-hybridized carbons (Fsp3) is 0.500. The first-order valence-corrected chi connectivity index (χ1v) is 4.24. The van der Waals surface area contributed by atoms with Crippen molar-refractivity contribution in [2.75, 3.05) is 0 Å². The minimum Gasteiger partial charge on any atom is -0.392 e. The van der Waals surface area contributed by atoms with Crippen molar-refractivity contribution < 1.29 is 13.2 Å². The van der Waals surface area contributed by atoms with E-state index in [4.69, 9.17) is 18.0 Å². The molecule has 0 aromatic carbocycles. The van der Waals surface area contributed by atoms with Crippen LogP contribution in [0.1, 0.15) is 13.8 Å². The van der Waals surface area contributed by atoms with Gasteiger partial charge < -0.3 is 5.73 Å². The fourth-order valence-electron chi connectivity index (χ4n) is 1.10. The van der Waals surface area contributed by atoms with Gasteiger partial charge in [0.1, 0.15) is 5.70 Å². The van der Waals surface area contributed by atoms with E-state index in [1.807, 2.05) is 0 Å². The van der Waals surface area contributed by atoms with Gasteiger partial charge in [0.2, 0.25) is 0 Å². The molecule has 1 rings (SSSR count). The zero-order valence-electron chi connectivity index (χ0n) is 7.64. The molecule has 6 heteroatoms. The molecular formula is C8H9F3N2S. The standard InChI is InChI=1S/C8H9F3N2S/c1-4-7(2,6(12)14)3-5(13-4)8(9,10)11/h3H,1-2H3,(H2,12,14). The maximum atomic E-state index is 12.3. The number of alkyl halides is 3. The van der Waals surface area contributed by atoms with Crippen LogP contribution in [0.5, 0.6) is 0 Å². The van der Waals surface area contributed by atoms with E-state index in [2.05, 4.69) is 4.99 Å². The second-order valence-corrected chi connectivity index (χ2v) is 3.73. The molecule has 1 unspecified atom stereocenters. The third kappa shape index (κ3) is 1.66. The van der Waals surface area contributed by atoms with Crippen molar-refractivity contribution >= 4 is 22.9 Å². The monoisotopic (exact) mass is 222 g/mol. The molecule has 2 nitrogen and oxygen atoms in total. The summed E-state index contributed by atoms with van der Waals surface area (Å²) < 4.78 is 36.8. The number of halogens is 3. The second kappa shape index (κ2) is 3.05. The number of nitrogens with two attached hydrogens (primary N) is 1. The summed E-state index contributed by atoms with van der Waals surface area (Å²) in [4.78, 5) is 3.42. The summed E-state index contributed by atoms with van der Waals surface area (Å²) in [5.74, 6) is 0. The van der Waals surface area contributed by atoms with Crippen LogP contribution in [-0.4, -0.2) is 16.9 Å². The summed E-state index contributed by atoms with van der Waals surface area (Å²) in [6, 6.07) is 0. The highest BCUT2D eigenvalue weighted by molar-refractivity contribution is 7.80. The molecule has 2 N–H and O–H groups in total. The number of hydrogen-bond acceptors (Lipinski definition) is 2. The van der Waals surface area contributed by atoms with E-state index in [0.717, 1.165) is 6.08 Å². The molecule has 0 aromatic rings. The molecule has 0 aromatic heterocycles. The van der Waals surface area contributed by atoms with Gasteiger partial charge in [0.05, 0.1) is 10.4 Å². The van der Waals surface area contributed by atoms with E-state index < -0.39 is 17.3 Å². The number of rotatable bonds is 1. The molecular weight excluding hydrogens is 213 g/mol. The fourth-order valence-corrected chi connectivity index (χ4v) is 1.31. The summed E-state index contributed by atoms with van der Waals surface area (Å²) in [5.41, 5.74) is 3.67. The molecule has 0 radical (unpaired) electrons. The zero-order valence-corrected chi connectivity index (χ0v) is 8.46. The van der Waals surface area contributed by atoms with Gasteiger partial charge in [-0.25, -0.2) is 0 Å². The molecule has 0 saturated carbocycles. The summed E-state index contributed by atoms with van der Waals surface area (Å²) in [5, 5.41) is 0. The van der Waals surface area contributed by atoms with Gasteiger partial charge in [0.25, 0.3) is 0 Å². The third-order valence-electron chi connectivity index (χ3n) is 2.27. The minimum atomic E-state index is -4.44. The highest BCUT2D eigenvalue weighted by Gasteiger charge is 2.43. The summed E-state index contributed by atoms with van der Waals surface area (Å²) in [7, 11) is 0. The van der Waals surface area contributed by atoms with Crippen molar-refractivity contribution in [1.82, 2.24) is 0 Å². The number of thiocarbonyl (C=S) groups is 1. The van der Waals surface area contributed by atoms with Crippen LogP contribution >= 0.6 is 12.2 Å². The highest BCUT2D eigenvalue weighted by Crippen LogP contribution is 2.37. The van der Waals surface area contributed by atoms with Gasteiger partial charge in [-0.3, -0.25) is 4.99 Å². The van der Waals surface area contributed by atoms with E-state index in [0.29, 0.717) is 0 Å². The van der Waals surface area contributed by atoms with Crippen LogP contribution in [0, 0.1) is 5.41 Å². The minimum absolute atomic E-state index is 0.00185. The topological polar surface area (TPSA) is 38.4 Å². The molecule has 1 aliphatic heterocycles. The average Bonchev–Trinajstić information content (AvgIpc) is 2.28. The number of aliphatic imine (C=N–C) groups is 1. The van der Waals surface area contributed by atoms with Crippen molar-refractivity contribution in [3.63, 3.8) is 0 Å². The number of nitrogens with zero attached hydrogens (tertiary/aromatic N) is 1. The lowest BCUT2D eigenvalue weighted by atomic mass is 9.87. The van der Waals surface area contributed by atoms with Gasteiger partial charge in [-0.1, -0.05) is 12.2 Å². The molecule has 1 aliphatic rings. The van der Waals surface area contributed by atoms with Gasteiger partial charge >= 0.3 is 6.18 Å². The van der Waals surface area contributed by atoms with E-state index in [1.165, 1.54) is 13.8 Å². The predicted octanol–water partition coefficient (Wildman–Crippen LogP) is 2.20. The van der Waals surface area contributed by atoms with Crippen molar-refractivity contribution in [2.45, 2.75) is 20.0 Å². The first-order valence-electron chi connectivity index (χ1n) is 3.83. The summed E-state index contributed by atoms with van der Waals surface area (Å²) >= 11 is 4.71. The van der Waals surface area contributed by atoms with Crippen LogP contribution in [0.15, 0.2) is 16.8 Å². The molecule has 0 bridgehead atoms. The second-order valence-electron chi connectivity index (χ2n) is 3.29. The molecule has 78 valence electrons. The molecule has 0 fully saturated rings. The van der Waals surface area contributed by atoms with Gasteiger partial charge in [-0.15, -0.1) is 0 Å². The Morgan fingerprint density at radius 1 is 1.57 bits per heavy atom. The Bertz CT molecular complexity index is 343. The van der Waals surface area contributed by atoms with Crippen molar-refractivity contribution in [3.8, 4) is 0 Å². The van der Waals surface area contributed by atoms with Crippen molar-refractivity contribution in [1.29, 1.82) is 0 Å². The SMILES string of the molecule is CC1=NC(C(F)(F)F)=CC1(C)C(N)=S.